The molecular formula is C9H18N2O. The number of allylic oxidation sites excluding steroid dienone is 1. The first-order valence-electron chi connectivity index (χ1n) is 4.19. The second-order valence-electron chi connectivity index (χ2n) is 3.16. The summed E-state index contributed by atoms with van der Waals surface area (Å²) in [5.74, 6) is -0.0643. The van der Waals surface area contributed by atoms with Crippen molar-refractivity contribution in [1.29, 1.82) is 0 Å². The highest BCUT2D eigenvalue weighted by Crippen LogP contribution is 1.91. The summed E-state index contributed by atoms with van der Waals surface area (Å²) in [6, 6.07) is 0. The van der Waals surface area contributed by atoms with Crippen molar-refractivity contribution in [2.45, 2.75) is 20.8 Å². The lowest BCUT2D eigenvalue weighted by atomic mass is 10.2. The maximum atomic E-state index is 11.1. The van der Waals surface area contributed by atoms with E-state index in [0.717, 1.165) is 0 Å². The van der Waals surface area contributed by atoms with Crippen LogP contribution in [-0.4, -0.2) is 19.0 Å². The van der Waals surface area contributed by atoms with Crippen LogP contribution in [-0.2, 0) is 4.79 Å². The first-order chi connectivity index (χ1) is 5.57. The third-order valence-corrected chi connectivity index (χ3v) is 1.59. The molecule has 0 spiro atoms. The van der Waals surface area contributed by atoms with Gasteiger partial charge in [0, 0.05) is 19.0 Å². The van der Waals surface area contributed by atoms with Gasteiger partial charge in [-0.05, 0) is 13.8 Å². The zero-order valence-electron chi connectivity index (χ0n) is 8.05. The molecule has 0 saturated carbocycles. The predicted octanol–water partition coefficient (Wildman–Crippen LogP) is 0.664. The Morgan fingerprint density at radius 3 is 2.58 bits per heavy atom. The molecule has 0 bridgehead atoms. The fourth-order valence-electron chi connectivity index (χ4n) is 0.637. The Morgan fingerprint density at radius 1 is 1.58 bits per heavy atom. The number of carbonyl (C=O) groups excluding carboxylic acids is 1. The molecule has 0 aromatic rings. The van der Waals surface area contributed by atoms with Gasteiger partial charge < -0.3 is 11.1 Å². The van der Waals surface area contributed by atoms with Crippen LogP contribution in [0.25, 0.3) is 0 Å². The molecule has 0 heterocycles. The molecule has 70 valence electrons. The summed E-state index contributed by atoms with van der Waals surface area (Å²) in [6.07, 6.45) is 1.97. The fourth-order valence-corrected chi connectivity index (χ4v) is 0.637. The maximum absolute atomic E-state index is 11.1. The number of hydrogen-bond acceptors (Lipinski definition) is 2. The molecule has 12 heavy (non-hydrogen) atoms. The SMILES string of the molecule is CC(C)=CCNC(=O)C(C)CN. The molecule has 3 N–H and O–H groups in total. The lowest BCUT2D eigenvalue weighted by Gasteiger charge is -2.07. The Kier molecular flexibility index (Phi) is 5.37. The summed E-state index contributed by atoms with van der Waals surface area (Å²) < 4.78 is 0. The van der Waals surface area contributed by atoms with Gasteiger partial charge in [0.05, 0.1) is 0 Å². The third-order valence-electron chi connectivity index (χ3n) is 1.59. The van der Waals surface area contributed by atoms with Gasteiger partial charge in [-0.15, -0.1) is 0 Å². The van der Waals surface area contributed by atoms with Gasteiger partial charge in [-0.2, -0.15) is 0 Å². The van der Waals surface area contributed by atoms with Crippen LogP contribution in [0.3, 0.4) is 0 Å². The molecule has 1 amide bonds. The molecule has 3 heteroatoms. The lowest BCUT2D eigenvalue weighted by molar-refractivity contribution is -0.123. The molecule has 0 saturated heterocycles. The van der Waals surface area contributed by atoms with Gasteiger partial charge in [-0.1, -0.05) is 18.6 Å². The van der Waals surface area contributed by atoms with E-state index in [0.29, 0.717) is 13.1 Å². The molecule has 0 aromatic heterocycles. The van der Waals surface area contributed by atoms with E-state index >= 15 is 0 Å². The van der Waals surface area contributed by atoms with Gasteiger partial charge in [0.25, 0.3) is 0 Å². The van der Waals surface area contributed by atoms with Crippen LogP contribution in [0.2, 0.25) is 0 Å². The molecule has 0 aliphatic heterocycles. The number of rotatable bonds is 4. The quantitative estimate of drug-likeness (QED) is 0.609. The van der Waals surface area contributed by atoms with Crippen molar-refractivity contribution in [3.8, 4) is 0 Å². The minimum atomic E-state index is -0.0874. The van der Waals surface area contributed by atoms with Crippen LogP contribution >= 0.6 is 0 Å². The van der Waals surface area contributed by atoms with Crippen molar-refractivity contribution >= 4 is 5.91 Å². The highest BCUT2D eigenvalue weighted by Gasteiger charge is 2.08. The van der Waals surface area contributed by atoms with Crippen molar-refractivity contribution in [1.82, 2.24) is 5.32 Å². The molecule has 3 nitrogen and oxygen atoms in total. The van der Waals surface area contributed by atoms with Gasteiger partial charge in [0.2, 0.25) is 5.91 Å². The lowest BCUT2D eigenvalue weighted by Crippen LogP contribution is -2.33. The fraction of sp³-hybridized carbons (Fsp3) is 0.667. The number of carbonyl (C=O) groups is 1. The van der Waals surface area contributed by atoms with Crippen molar-refractivity contribution < 1.29 is 4.79 Å². The normalized spacial score (nSPS) is 12.0. The highest BCUT2D eigenvalue weighted by atomic mass is 16.1. The molecule has 0 aliphatic carbocycles. The summed E-state index contributed by atoms with van der Waals surface area (Å²) in [7, 11) is 0. The Bertz CT molecular complexity index is 171. The van der Waals surface area contributed by atoms with Gasteiger partial charge in [-0.3, -0.25) is 4.79 Å². The van der Waals surface area contributed by atoms with Crippen LogP contribution in [0.4, 0.5) is 0 Å². The average molecular weight is 170 g/mol. The Morgan fingerprint density at radius 2 is 2.17 bits per heavy atom. The van der Waals surface area contributed by atoms with Gasteiger partial charge >= 0.3 is 0 Å². The summed E-state index contributed by atoms with van der Waals surface area (Å²) in [4.78, 5) is 11.1. The van der Waals surface area contributed by atoms with Crippen LogP contribution in [0.5, 0.6) is 0 Å². The summed E-state index contributed by atoms with van der Waals surface area (Å²) in [6.45, 7) is 6.82. The van der Waals surface area contributed by atoms with Crippen LogP contribution in [0.1, 0.15) is 20.8 Å². The zero-order chi connectivity index (χ0) is 9.56. The topological polar surface area (TPSA) is 55.1 Å². The second-order valence-corrected chi connectivity index (χ2v) is 3.16. The summed E-state index contributed by atoms with van der Waals surface area (Å²) in [5.41, 5.74) is 6.53. The van der Waals surface area contributed by atoms with E-state index in [9.17, 15) is 4.79 Å². The molecular weight excluding hydrogens is 152 g/mol. The Labute approximate surface area is 74.0 Å². The van der Waals surface area contributed by atoms with E-state index in [-0.39, 0.29) is 11.8 Å². The van der Waals surface area contributed by atoms with Crippen molar-refractivity contribution in [3.63, 3.8) is 0 Å². The van der Waals surface area contributed by atoms with E-state index in [1.54, 1.807) is 0 Å². The molecule has 1 atom stereocenters. The van der Waals surface area contributed by atoms with Crippen molar-refractivity contribution in [2.75, 3.05) is 13.1 Å². The standard InChI is InChI=1S/C9H18N2O/c1-7(2)4-5-11-9(12)8(3)6-10/h4,8H,5-6,10H2,1-3H3,(H,11,12). The van der Waals surface area contributed by atoms with Gasteiger partial charge in [-0.25, -0.2) is 0 Å². The van der Waals surface area contributed by atoms with Crippen LogP contribution < -0.4 is 11.1 Å². The Balaban J connectivity index is 3.65. The van der Waals surface area contributed by atoms with Gasteiger partial charge in [0.1, 0.15) is 0 Å². The van der Waals surface area contributed by atoms with Crippen LogP contribution in [0.15, 0.2) is 11.6 Å². The average Bonchev–Trinajstić information content (AvgIpc) is 2.02. The molecule has 0 aliphatic rings. The minimum Gasteiger partial charge on any atom is -0.352 e. The summed E-state index contributed by atoms with van der Waals surface area (Å²) in [5, 5.41) is 2.77. The van der Waals surface area contributed by atoms with Crippen LogP contribution in [0, 0.1) is 5.92 Å². The van der Waals surface area contributed by atoms with E-state index in [1.807, 2.05) is 26.8 Å². The monoisotopic (exact) mass is 170 g/mol. The third kappa shape index (κ3) is 4.91. The maximum Gasteiger partial charge on any atom is 0.224 e. The van der Waals surface area contributed by atoms with E-state index in [1.165, 1.54) is 5.57 Å². The molecule has 0 rings (SSSR count). The largest absolute Gasteiger partial charge is 0.352 e. The van der Waals surface area contributed by atoms with E-state index in [2.05, 4.69) is 5.32 Å². The predicted molar refractivity (Wildman–Crippen MR) is 50.7 cm³/mol. The molecule has 0 radical (unpaired) electrons. The number of hydrogen-bond donors (Lipinski definition) is 2. The Hall–Kier alpha value is -0.830. The number of nitrogens with one attached hydrogen (secondary N) is 1. The summed E-state index contributed by atoms with van der Waals surface area (Å²) >= 11 is 0. The van der Waals surface area contributed by atoms with Gasteiger partial charge in [0.15, 0.2) is 0 Å². The minimum absolute atomic E-state index is 0.0231. The zero-order valence-corrected chi connectivity index (χ0v) is 8.05. The molecule has 0 fully saturated rings. The molecule has 1 unspecified atom stereocenters. The van der Waals surface area contributed by atoms with E-state index < -0.39 is 0 Å². The second kappa shape index (κ2) is 5.77. The smallest absolute Gasteiger partial charge is 0.224 e. The first-order valence-corrected chi connectivity index (χ1v) is 4.19. The number of amides is 1. The number of nitrogens with two attached hydrogens (primary N) is 1. The first kappa shape index (κ1) is 11.2. The van der Waals surface area contributed by atoms with E-state index in [4.69, 9.17) is 5.73 Å². The van der Waals surface area contributed by atoms with Crippen molar-refractivity contribution in [3.05, 3.63) is 11.6 Å². The highest BCUT2D eigenvalue weighted by molar-refractivity contribution is 5.78. The van der Waals surface area contributed by atoms with Crippen molar-refractivity contribution in [2.24, 2.45) is 11.7 Å². The molecule has 0 aromatic carbocycles.